The summed E-state index contributed by atoms with van der Waals surface area (Å²) in [5, 5.41) is 3.42. The third-order valence-electron chi connectivity index (χ3n) is 4.65. The van der Waals surface area contributed by atoms with E-state index < -0.39 is 0 Å². The number of nitrogens with one attached hydrogen (secondary N) is 1. The van der Waals surface area contributed by atoms with Crippen LogP contribution in [0, 0.1) is 6.92 Å². The van der Waals surface area contributed by atoms with E-state index in [1.807, 2.05) is 62.4 Å². The number of carbonyl (C=O) groups is 1. The van der Waals surface area contributed by atoms with E-state index in [9.17, 15) is 4.79 Å². The third-order valence-corrected chi connectivity index (χ3v) is 6.72. The highest BCUT2D eigenvalue weighted by Crippen LogP contribution is 2.36. The molecule has 0 fully saturated rings. The number of anilines is 1. The van der Waals surface area contributed by atoms with Gasteiger partial charge in [-0.15, -0.1) is 0 Å². The fourth-order valence-corrected chi connectivity index (χ4v) is 4.74. The highest BCUT2D eigenvalue weighted by atomic mass is 32.2. The number of aromatic nitrogens is 3. The summed E-state index contributed by atoms with van der Waals surface area (Å²) in [5.41, 5.74) is 4.40. The lowest BCUT2D eigenvalue weighted by atomic mass is 10.1. The quantitative estimate of drug-likeness (QED) is 0.331. The second kappa shape index (κ2) is 8.81. The Morgan fingerprint density at radius 1 is 1.13 bits per heavy atom. The van der Waals surface area contributed by atoms with Crippen LogP contribution in [-0.2, 0) is 4.79 Å². The lowest BCUT2D eigenvalue weighted by Gasteiger charge is -2.13. The van der Waals surface area contributed by atoms with Crippen molar-refractivity contribution >= 4 is 45.1 Å². The number of hydrogen-bond donors (Lipinski definition) is 1. The minimum Gasteiger partial charge on any atom is -0.497 e. The SMILES string of the molecule is COc1ccc(-c2nsc3c(S[C@H](C)C(=O)Nc4ccccc4C)ncnc23)cc1. The molecule has 0 aliphatic carbocycles. The van der Waals surface area contributed by atoms with Crippen LogP contribution in [0.2, 0.25) is 0 Å². The number of ether oxygens (including phenoxy) is 1. The first kappa shape index (κ1) is 20.3. The second-order valence-electron chi connectivity index (χ2n) is 6.68. The maximum absolute atomic E-state index is 12.7. The lowest BCUT2D eigenvalue weighted by molar-refractivity contribution is -0.115. The van der Waals surface area contributed by atoms with E-state index in [1.54, 1.807) is 7.11 Å². The molecule has 1 amide bonds. The van der Waals surface area contributed by atoms with Crippen molar-refractivity contribution in [2.75, 3.05) is 12.4 Å². The minimum atomic E-state index is -0.325. The molecule has 0 spiro atoms. The summed E-state index contributed by atoms with van der Waals surface area (Å²) in [6.07, 6.45) is 1.53. The standard InChI is InChI=1S/C22H20N4O2S2/c1-13-6-4-5-7-17(13)25-21(27)14(2)29-22-20-19(23-12-24-22)18(26-30-20)15-8-10-16(28-3)11-9-15/h4-12,14H,1-3H3,(H,25,27)/t14-/m1/s1. The van der Waals surface area contributed by atoms with E-state index in [2.05, 4.69) is 19.7 Å². The van der Waals surface area contributed by atoms with Crippen molar-refractivity contribution in [2.24, 2.45) is 0 Å². The van der Waals surface area contributed by atoms with Crippen molar-refractivity contribution in [3.05, 3.63) is 60.4 Å². The summed E-state index contributed by atoms with van der Waals surface area (Å²) >= 11 is 2.75. The van der Waals surface area contributed by atoms with Gasteiger partial charge in [0.05, 0.1) is 12.4 Å². The number of rotatable bonds is 6. The Bertz CT molecular complexity index is 1190. The van der Waals surface area contributed by atoms with Crippen LogP contribution in [-0.4, -0.2) is 32.6 Å². The first-order valence-electron chi connectivity index (χ1n) is 9.34. The molecule has 30 heavy (non-hydrogen) atoms. The summed E-state index contributed by atoms with van der Waals surface area (Å²) in [6.45, 7) is 3.84. The highest BCUT2D eigenvalue weighted by molar-refractivity contribution is 8.00. The maximum atomic E-state index is 12.7. The molecule has 6 nitrogen and oxygen atoms in total. The van der Waals surface area contributed by atoms with Crippen LogP contribution in [0.3, 0.4) is 0 Å². The number of para-hydroxylation sites is 1. The first-order chi connectivity index (χ1) is 14.6. The fraction of sp³-hybridized carbons (Fsp3) is 0.182. The number of methoxy groups -OCH3 is 1. The van der Waals surface area contributed by atoms with E-state index in [0.29, 0.717) is 0 Å². The molecule has 4 aromatic rings. The van der Waals surface area contributed by atoms with Gasteiger partial charge in [0.15, 0.2) is 0 Å². The number of hydrogen-bond acceptors (Lipinski definition) is 7. The Morgan fingerprint density at radius 3 is 2.63 bits per heavy atom. The average Bonchev–Trinajstić information content (AvgIpc) is 3.20. The Labute approximate surface area is 182 Å². The van der Waals surface area contributed by atoms with Crippen molar-refractivity contribution in [1.29, 1.82) is 0 Å². The molecule has 0 unspecified atom stereocenters. The minimum absolute atomic E-state index is 0.0686. The molecular formula is C22H20N4O2S2. The fourth-order valence-electron chi connectivity index (χ4n) is 2.93. The van der Waals surface area contributed by atoms with Gasteiger partial charge in [0.25, 0.3) is 0 Å². The average molecular weight is 437 g/mol. The molecule has 1 atom stereocenters. The van der Waals surface area contributed by atoms with Crippen molar-refractivity contribution in [2.45, 2.75) is 24.1 Å². The van der Waals surface area contributed by atoms with Gasteiger partial charge in [0, 0.05) is 11.3 Å². The molecule has 152 valence electrons. The van der Waals surface area contributed by atoms with Crippen LogP contribution in [0.15, 0.2) is 59.9 Å². The third kappa shape index (κ3) is 4.15. The number of carbonyl (C=O) groups excluding carboxylic acids is 1. The van der Waals surface area contributed by atoms with E-state index in [-0.39, 0.29) is 11.2 Å². The number of thioether (sulfide) groups is 1. The molecule has 8 heteroatoms. The molecule has 0 radical (unpaired) electrons. The number of nitrogens with zero attached hydrogens (tertiary/aromatic N) is 3. The van der Waals surface area contributed by atoms with Gasteiger partial charge in [-0.1, -0.05) is 30.0 Å². The second-order valence-corrected chi connectivity index (χ2v) is 8.78. The topological polar surface area (TPSA) is 77.0 Å². The zero-order chi connectivity index (χ0) is 21.1. The Hall–Kier alpha value is -2.97. The molecular weight excluding hydrogens is 416 g/mol. The van der Waals surface area contributed by atoms with Gasteiger partial charge in [-0.25, -0.2) is 9.97 Å². The van der Waals surface area contributed by atoms with Crippen molar-refractivity contribution in [1.82, 2.24) is 14.3 Å². The smallest absolute Gasteiger partial charge is 0.237 e. The van der Waals surface area contributed by atoms with Crippen molar-refractivity contribution < 1.29 is 9.53 Å². The van der Waals surface area contributed by atoms with Gasteiger partial charge in [0.2, 0.25) is 5.91 Å². The van der Waals surface area contributed by atoms with Crippen molar-refractivity contribution in [3.8, 4) is 17.0 Å². The van der Waals surface area contributed by atoms with Gasteiger partial charge in [-0.05, 0) is 61.3 Å². The molecule has 1 N–H and O–H groups in total. The molecule has 0 bridgehead atoms. The predicted molar refractivity (Wildman–Crippen MR) is 122 cm³/mol. The molecule has 0 saturated carbocycles. The van der Waals surface area contributed by atoms with Crippen LogP contribution in [0.4, 0.5) is 5.69 Å². The molecule has 0 aliphatic heterocycles. The molecule has 2 aromatic carbocycles. The zero-order valence-corrected chi connectivity index (χ0v) is 18.4. The molecule has 2 heterocycles. The van der Waals surface area contributed by atoms with E-state index >= 15 is 0 Å². The molecule has 4 rings (SSSR count). The number of aryl methyl sites for hydroxylation is 1. The van der Waals surface area contributed by atoms with E-state index in [1.165, 1.54) is 29.6 Å². The Morgan fingerprint density at radius 2 is 1.90 bits per heavy atom. The Kier molecular flexibility index (Phi) is 5.96. The Balaban J connectivity index is 1.56. The van der Waals surface area contributed by atoms with Crippen LogP contribution in [0.25, 0.3) is 21.5 Å². The number of amides is 1. The van der Waals surface area contributed by atoms with Gasteiger partial charge in [0.1, 0.15) is 33.0 Å². The van der Waals surface area contributed by atoms with Gasteiger partial charge in [-0.2, -0.15) is 4.37 Å². The van der Waals surface area contributed by atoms with Crippen LogP contribution >= 0.6 is 23.3 Å². The van der Waals surface area contributed by atoms with E-state index in [0.717, 1.165) is 43.5 Å². The molecule has 2 aromatic heterocycles. The summed E-state index contributed by atoms with van der Waals surface area (Å²) in [4.78, 5) is 21.5. The normalized spacial score (nSPS) is 12.0. The number of fused-ring (bicyclic) bond motifs is 1. The van der Waals surface area contributed by atoms with Crippen LogP contribution in [0.1, 0.15) is 12.5 Å². The largest absolute Gasteiger partial charge is 0.497 e. The summed E-state index contributed by atoms with van der Waals surface area (Å²) in [6, 6.07) is 15.4. The summed E-state index contributed by atoms with van der Waals surface area (Å²) < 4.78 is 10.7. The van der Waals surface area contributed by atoms with Crippen molar-refractivity contribution in [3.63, 3.8) is 0 Å². The van der Waals surface area contributed by atoms with Gasteiger partial charge in [-0.3, -0.25) is 4.79 Å². The lowest BCUT2D eigenvalue weighted by Crippen LogP contribution is -2.22. The zero-order valence-electron chi connectivity index (χ0n) is 16.7. The molecule has 0 aliphatic rings. The molecule has 0 saturated heterocycles. The van der Waals surface area contributed by atoms with Crippen LogP contribution in [0.5, 0.6) is 5.75 Å². The van der Waals surface area contributed by atoms with Crippen LogP contribution < -0.4 is 10.1 Å². The van der Waals surface area contributed by atoms with E-state index in [4.69, 9.17) is 4.74 Å². The highest BCUT2D eigenvalue weighted by Gasteiger charge is 2.20. The number of benzene rings is 2. The summed E-state index contributed by atoms with van der Waals surface area (Å²) in [7, 11) is 1.64. The summed E-state index contributed by atoms with van der Waals surface area (Å²) in [5.74, 6) is 0.721. The monoisotopic (exact) mass is 436 g/mol. The van der Waals surface area contributed by atoms with Gasteiger partial charge < -0.3 is 10.1 Å². The maximum Gasteiger partial charge on any atom is 0.237 e. The van der Waals surface area contributed by atoms with Gasteiger partial charge >= 0.3 is 0 Å². The predicted octanol–water partition coefficient (Wildman–Crippen LogP) is 5.19. The first-order valence-corrected chi connectivity index (χ1v) is 11.0.